The molecule has 0 spiro atoms. The van der Waals surface area contributed by atoms with Crippen molar-refractivity contribution >= 4 is 11.4 Å². The van der Waals surface area contributed by atoms with E-state index in [1.165, 1.54) is 0 Å². The zero-order chi connectivity index (χ0) is 13.7. The number of morpholine rings is 1. The molecule has 3 N–H and O–H groups in total. The van der Waals surface area contributed by atoms with Crippen LogP contribution in [0, 0.1) is 0 Å². The lowest BCUT2D eigenvalue weighted by Crippen LogP contribution is -2.44. The third-order valence-electron chi connectivity index (χ3n) is 3.19. The van der Waals surface area contributed by atoms with Gasteiger partial charge in [-0.3, -0.25) is 0 Å². The molecule has 0 aliphatic carbocycles. The van der Waals surface area contributed by atoms with Crippen LogP contribution >= 0.6 is 0 Å². The Kier molecular flexibility index (Phi) is 4.87. The quantitative estimate of drug-likeness (QED) is 0.785. The highest BCUT2D eigenvalue weighted by Gasteiger charge is 2.22. The minimum Gasteiger partial charge on any atom is -0.491 e. The number of nitrogens with zero attached hydrogens (tertiary/aromatic N) is 1. The van der Waals surface area contributed by atoms with Gasteiger partial charge in [0.2, 0.25) is 0 Å². The average molecular weight is 266 g/mol. The molecular weight excluding hydrogens is 244 g/mol. The van der Waals surface area contributed by atoms with Gasteiger partial charge in [-0.25, -0.2) is 0 Å². The first-order chi connectivity index (χ1) is 9.26. The van der Waals surface area contributed by atoms with Gasteiger partial charge in [-0.15, -0.1) is 0 Å². The van der Waals surface area contributed by atoms with Crippen LogP contribution in [0.2, 0.25) is 0 Å². The fourth-order valence-corrected chi connectivity index (χ4v) is 2.19. The van der Waals surface area contributed by atoms with Crippen molar-refractivity contribution in [2.75, 3.05) is 43.5 Å². The van der Waals surface area contributed by atoms with Gasteiger partial charge >= 0.3 is 0 Å². The molecule has 0 radical (unpaired) electrons. The molecule has 0 bridgehead atoms. The van der Waals surface area contributed by atoms with Crippen molar-refractivity contribution in [3.63, 3.8) is 0 Å². The summed E-state index contributed by atoms with van der Waals surface area (Å²) in [7, 11) is 0. The molecule has 5 nitrogen and oxygen atoms in total. The molecule has 0 aromatic heterocycles. The summed E-state index contributed by atoms with van der Waals surface area (Å²) in [4.78, 5) is 2.14. The number of nitrogens with two attached hydrogens (primary N) is 1. The summed E-state index contributed by atoms with van der Waals surface area (Å²) in [5, 5.41) is 9.19. The Morgan fingerprint density at radius 1 is 1.53 bits per heavy atom. The van der Waals surface area contributed by atoms with Gasteiger partial charge < -0.3 is 25.2 Å². The number of hydrogen-bond acceptors (Lipinski definition) is 5. The molecule has 106 valence electrons. The van der Waals surface area contributed by atoms with Crippen molar-refractivity contribution in [3.8, 4) is 5.75 Å². The summed E-state index contributed by atoms with van der Waals surface area (Å²) in [6, 6.07) is 5.81. The van der Waals surface area contributed by atoms with Crippen molar-refractivity contribution in [1.82, 2.24) is 0 Å². The number of ether oxygens (including phenoxy) is 2. The molecule has 1 atom stereocenters. The van der Waals surface area contributed by atoms with Gasteiger partial charge in [0.1, 0.15) is 5.75 Å². The van der Waals surface area contributed by atoms with Crippen LogP contribution in [-0.2, 0) is 4.74 Å². The SMILES string of the molecule is CCCOc1cccc(N2CCOC(CO)C2)c1N. The molecule has 1 aromatic carbocycles. The Labute approximate surface area is 113 Å². The molecule has 1 fully saturated rings. The fourth-order valence-electron chi connectivity index (χ4n) is 2.19. The summed E-state index contributed by atoms with van der Waals surface area (Å²) < 4.78 is 11.1. The second kappa shape index (κ2) is 6.63. The van der Waals surface area contributed by atoms with Crippen LogP contribution in [0.5, 0.6) is 5.75 Å². The maximum Gasteiger partial charge on any atom is 0.144 e. The number of aliphatic hydroxyl groups is 1. The van der Waals surface area contributed by atoms with Crippen LogP contribution in [0.25, 0.3) is 0 Å². The fraction of sp³-hybridized carbons (Fsp3) is 0.571. The van der Waals surface area contributed by atoms with Crippen LogP contribution in [-0.4, -0.2) is 44.1 Å². The Morgan fingerprint density at radius 3 is 3.11 bits per heavy atom. The predicted molar refractivity (Wildman–Crippen MR) is 75.7 cm³/mol. The van der Waals surface area contributed by atoms with Crippen molar-refractivity contribution in [1.29, 1.82) is 0 Å². The second-order valence-corrected chi connectivity index (χ2v) is 4.66. The number of anilines is 2. The van der Waals surface area contributed by atoms with E-state index in [1.54, 1.807) is 0 Å². The maximum absolute atomic E-state index is 9.19. The smallest absolute Gasteiger partial charge is 0.144 e. The zero-order valence-corrected chi connectivity index (χ0v) is 11.3. The highest BCUT2D eigenvalue weighted by Crippen LogP contribution is 2.33. The number of rotatable bonds is 5. The number of aliphatic hydroxyl groups excluding tert-OH is 1. The maximum atomic E-state index is 9.19. The number of nitrogen functional groups attached to an aromatic ring is 1. The van der Waals surface area contributed by atoms with E-state index in [4.69, 9.17) is 15.2 Å². The van der Waals surface area contributed by atoms with Crippen molar-refractivity contribution < 1.29 is 14.6 Å². The molecule has 0 amide bonds. The molecule has 1 heterocycles. The highest BCUT2D eigenvalue weighted by molar-refractivity contribution is 5.74. The topological polar surface area (TPSA) is 68.0 Å². The van der Waals surface area contributed by atoms with E-state index in [9.17, 15) is 5.11 Å². The molecule has 19 heavy (non-hydrogen) atoms. The van der Waals surface area contributed by atoms with E-state index in [2.05, 4.69) is 11.8 Å². The largest absolute Gasteiger partial charge is 0.491 e. The standard InChI is InChI=1S/C14H22N2O3/c1-2-7-19-13-5-3-4-12(14(13)15)16-6-8-18-11(9-16)10-17/h3-5,11,17H,2,6-10,15H2,1H3. The highest BCUT2D eigenvalue weighted by atomic mass is 16.5. The first-order valence-corrected chi connectivity index (χ1v) is 6.75. The van der Waals surface area contributed by atoms with E-state index in [0.717, 1.165) is 24.4 Å². The van der Waals surface area contributed by atoms with Crippen LogP contribution in [0.4, 0.5) is 11.4 Å². The zero-order valence-electron chi connectivity index (χ0n) is 11.3. The predicted octanol–water partition coefficient (Wildman–Crippen LogP) is 1.26. The van der Waals surface area contributed by atoms with E-state index in [-0.39, 0.29) is 12.7 Å². The molecule has 1 aromatic rings. The number of hydrogen-bond donors (Lipinski definition) is 2. The normalized spacial score (nSPS) is 19.5. The summed E-state index contributed by atoms with van der Waals surface area (Å²) in [6.07, 6.45) is 0.807. The summed E-state index contributed by atoms with van der Waals surface area (Å²) in [5.41, 5.74) is 7.79. The third kappa shape index (κ3) is 3.30. The van der Waals surface area contributed by atoms with E-state index >= 15 is 0 Å². The molecule has 1 aliphatic rings. The van der Waals surface area contributed by atoms with Gasteiger partial charge in [-0.2, -0.15) is 0 Å². The van der Waals surface area contributed by atoms with E-state index in [0.29, 0.717) is 25.4 Å². The van der Waals surface area contributed by atoms with Gasteiger partial charge in [0.25, 0.3) is 0 Å². The summed E-state index contributed by atoms with van der Waals surface area (Å²) >= 11 is 0. The minimum absolute atomic E-state index is 0.0302. The number of para-hydroxylation sites is 1. The lowest BCUT2D eigenvalue weighted by molar-refractivity contribution is 0.00359. The van der Waals surface area contributed by atoms with Crippen LogP contribution in [0.1, 0.15) is 13.3 Å². The van der Waals surface area contributed by atoms with Gasteiger partial charge in [0.15, 0.2) is 0 Å². The molecule has 1 unspecified atom stereocenters. The van der Waals surface area contributed by atoms with Crippen LogP contribution < -0.4 is 15.4 Å². The lowest BCUT2D eigenvalue weighted by atomic mass is 10.2. The van der Waals surface area contributed by atoms with Gasteiger partial charge in [0.05, 0.1) is 37.3 Å². The first kappa shape index (κ1) is 14.0. The Morgan fingerprint density at radius 2 is 2.37 bits per heavy atom. The van der Waals surface area contributed by atoms with E-state index < -0.39 is 0 Å². The van der Waals surface area contributed by atoms with Crippen molar-refractivity contribution in [2.24, 2.45) is 0 Å². The number of benzene rings is 1. The molecule has 1 saturated heterocycles. The lowest BCUT2D eigenvalue weighted by Gasteiger charge is -2.34. The second-order valence-electron chi connectivity index (χ2n) is 4.66. The molecule has 2 rings (SSSR count). The first-order valence-electron chi connectivity index (χ1n) is 6.75. The van der Waals surface area contributed by atoms with Gasteiger partial charge in [-0.1, -0.05) is 13.0 Å². The average Bonchev–Trinajstić information content (AvgIpc) is 2.46. The molecule has 1 aliphatic heterocycles. The Hall–Kier alpha value is -1.46. The van der Waals surface area contributed by atoms with Crippen LogP contribution in [0.3, 0.4) is 0 Å². The Balaban J connectivity index is 2.14. The third-order valence-corrected chi connectivity index (χ3v) is 3.19. The van der Waals surface area contributed by atoms with Crippen molar-refractivity contribution in [2.45, 2.75) is 19.4 Å². The summed E-state index contributed by atoms with van der Waals surface area (Å²) in [6.45, 7) is 4.78. The van der Waals surface area contributed by atoms with E-state index in [1.807, 2.05) is 18.2 Å². The van der Waals surface area contributed by atoms with Crippen molar-refractivity contribution in [3.05, 3.63) is 18.2 Å². The van der Waals surface area contributed by atoms with Crippen LogP contribution in [0.15, 0.2) is 18.2 Å². The molecule has 5 heteroatoms. The van der Waals surface area contributed by atoms with Gasteiger partial charge in [-0.05, 0) is 18.6 Å². The monoisotopic (exact) mass is 266 g/mol. The molecular formula is C14H22N2O3. The minimum atomic E-state index is -0.145. The molecule has 0 saturated carbocycles. The Bertz CT molecular complexity index is 412. The van der Waals surface area contributed by atoms with Gasteiger partial charge in [0, 0.05) is 13.1 Å². The summed E-state index contributed by atoms with van der Waals surface area (Å²) in [5.74, 6) is 0.728.